The highest BCUT2D eigenvalue weighted by atomic mass is 16.3. The Hall–Kier alpha value is -7.63. The van der Waals surface area contributed by atoms with Gasteiger partial charge in [-0.3, -0.25) is 0 Å². The molecule has 0 unspecified atom stereocenters. The molecule has 262 valence electrons. The number of hydrogen-bond acceptors (Lipinski definition) is 5. The number of aromatic nitrogens is 3. The van der Waals surface area contributed by atoms with E-state index in [4.69, 9.17) is 23.8 Å². The standard InChI is InChI=1S/C51H31N3O2/c1-4-14-32(15-5-1)35-20-12-21-37(30-35)50-52-49(34-18-8-3-9-19-34)53-51(54-50)42-24-13-23-40-43-31-36(26-29-45(43)55-47(40)42)39-28-27-38(33-16-6-2-7-17-33)46-41-22-10-11-25-44(41)56-48(39)46/h1-31H. The van der Waals surface area contributed by atoms with Gasteiger partial charge in [-0.15, -0.1) is 0 Å². The maximum atomic E-state index is 6.69. The Labute approximate surface area is 322 Å². The Bertz CT molecular complexity index is 3240. The molecule has 5 nitrogen and oxygen atoms in total. The van der Waals surface area contributed by atoms with Crippen LogP contribution in [-0.2, 0) is 0 Å². The van der Waals surface area contributed by atoms with Gasteiger partial charge in [-0.2, -0.15) is 0 Å². The molecule has 0 N–H and O–H groups in total. The lowest BCUT2D eigenvalue weighted by molar-refractivity contribution is 0.668. The van der Waals surface area contributed by atoms with E-state index in [0.717, 1.165) is 93.9 Å². The predicted octanol–water partition coefficient (Wildman–Crippen LogP) is 13.7. The molecule has 0 aliphatic rings. The van der Waals surface area contributed by atoms with Gasteiger partial charge in [0.25, 0.3) is 0 Å². The smallest absolute Gasteiger partial charge is 0.167 e. The van der Waals surface area contributed by atoms with E-state index in [1.165, 1.54) is 0 Å². The van der Waals surface area contributed by atoms with Crippen molar-refractivity contribution in [2.24, 2.45) is 0 Å². The zero-order chi connectivity index (χ0) is 37.0. The molecule has 0 aliphatic carbocycles. The van der Waals surface area contributed by atoms with Gasteiger partial charge in [0, 0.05) is 38.2 Å². The first kappa shape index (κ1) is 31.9. The van der Waals surface area contributed by atoms with Gasteiger partial charge in [-0.25, -0.2) is 15.0 Å². The number of rotatable bonds is 6. The van der Waals surface area contributed by atoms with E-state index in [1.807, 2.05) is 66.7 Å². The topological polar surface area (TPSA) is 65.0 Å². The van der Waals surface area contributed by atoms with Crippen LogP contribution in [0, 0.1) is 0 Å². The second-order valence-corrected chi connectivity index (χ2v) is 13.9. The van der Waals surface area contributed by atoms with E-state index in [1.54, 1.807) is 0 Å². The molecule has 3 aromatic heterocycles. The van der Waals surface area contributed by atoms with Crippen LogP contribution in [0.3, 0.4) is 0 Å². The highest BCUT2D eigenvalue weighted by Gasteiger charge is 2.21. The lowest BCUT2D eigenvalue weighted by Crippen LogP contribution is -2.00. The van der Waals surface area contributed by atoms with Gasteiger partial charge < -0.3 is 8.83 Å². The highest BCUT2D eigenvalue weighted by Crippen LogP contribution is 2.43. The minimum absolute atomic E-state index is 0.546. The van der Waals surface area contributed by atoms with Crippen molar-refractivity contribution in [1.82, 2.24) is 15.0 Å². The summed E-state index contributed by atoms with van der Waals surface area (Å²) in [5, 5.41) is 4.19. The van der Waals surface area contributed by atoms with Gasteiger partial charge in [-0.1, -0.05) is 152 Å². The third-order valence-electron chi connectivity index (χ3n) is 10.6. The molecule has 0 fully saturated rings. The fraction of sp³-hybridized carbons (Fsp3) is 0. The Morgan fingerprint density at radius 3 is 1.66 bits per heavy atom. The Kier molecular flexibility index (Phi) is 7.42. The van der Waals surface area contributed by atoms with E-state index >= 15 is 0 Å². The quantitative estimate of drug-likeness (QED) is 0.171. The monoisotopic (exact) mass is 717 g/mol. The van der Waals surface area contributed by atoms with Crippen molar-refractivity contribution < 1.29 is 8.83 Å². The zero-order valence-electron chi connectivity index (χ0n) is 30.1. The average Bonchev–Trinajstić information content (AvgIpc) is 3.86. The highest BCUT2D eigenvalue weighted by molar-refractivity contribution is 6.17. The second kappa shape index (κ2) is 13.0. The Balaban J connectivity index is 1.07. The lowest BCUT2D eigenvalue weighted by Gasteiger charge is -2.10. The van der Waals surface area contributed by atoms with Gasteiger partial charge in [0.05, 0.1) is 5.56 Å². The van der Waals surface area contributed by atoms with Crippen LogP contribution in [0.4, 0.5) is 0 Å². The van der Waals surface area contributed by atoms with Gasteiger partial charge in [0.2, 0.25) is 0 Å². The van der Waals surface area contributed by atoms with Gasteiger partial charge in [0.15, 0.2) is 17.5 Å². The van der Waals surface area contributed by atoms with Crippen molar-refractivity contribution in [1.29, 1.82) is 0 Å². The van der Waals surface area contributed by atoms with Crippen molar-refractivity contribution in [2.45, 2.75) is 0 Å². The summed E-state index contributed by atoms with van der Waals surface area (Å²) in [7, 11) is 0. The molecular formula is C51H31N3O2. The number of furan rings is 2. The third-order valence-corrected chi connectivity index (χ3v) is 10.6. The van der Waals surface area contributed by atoms with Crippen LogP contribution in [0.25, 0.3) is 111 Å². The number of hydrogen-bond donors (Lipinski definition) is 0. The molecule has 0 saturated carbocycles. The predicted molar refractivity (Wildman–Crippen MR) is 227 cm³/mol. The SMILES string of the molecule is c1ccc(-c2cccc(-c3nc(-c4ccccc4)nc(-c4cccc5c4oc4ccc(-c6ccc(-c7ccccc7)c7c6oc6ccccc67)cc45)n3)c2)cc1. The van der Waals surface area contributed by atoms with Gasteiger partial charge in [-0.05, 0) is 64.2 Å². The normalized spacial score (nSPS) is 11.6. The minimum Gasteiger partial charge on any atom is -0.455 e. The number of benzene rings is 8. The molecule has 56 heavy (non-hydrogen) atoms. The summed E-state index contributed by atoms with van der Waals surface area (Å²) in [6.07, 6.45) is 0. The summed E-state index contributed by atoms with van der Waals surface area (Å²) >= 11 is 0. The van der Waals surface area contributed by atoms with Crippen LogP contribution in [-0.4, -0.2) is 15.0 Å². The van der Waals surface area contributed by atoms with Gasteiger partial charge in [0.1, 0.15) is 22.3 Å². The number of para-hydroxylation sites is 2. The Morgan fingerprint density at radius 2 is 0.857 bits per heavy atom. The summed E-state index contributed by atoms with van der Waals surface area (Å²) in [6.45, 7) is 0. The summed E-state index contributed by atoms with van der Waals surface area (Å²) < 4.78 is 13.3. The summed E-state index contributed by atoms with van der Waals surface area (Å²) in [4.78, 5) is 15.2. The molecule has 0 aliphatic heterocycles. The first-order chi connectivity index (χ1) is 27.7. The van der Waals surface area contributed by atoms with Crippen molar-refractivity contribution in [3.05, 3.63) is 188 Å². The first-order valence-electron chi connectivity index (χ1n) is 18.7. The molecule has 0 radical (unpaired) electrons. The minimum atomic E-state index is 0.546. The summed E-state index contributed by atoms with van der Waals surface area (Å²) in [5.74, 6) is 1.74. The summed E-state index contributed by atoms with van der Waals surface area (Å²) in [5.41, 5.74) is 12.4. The van der Waals surface area contributed by atoms with Crippen LogP contribution in [0.5, 0.6) is 0 Å². The second-order valence-electron chi connectivity index (χ2n) is 13.9. The summed E-state index contributed by atoms with van der Waals surface area (Å²) in [6, 6.07) is 64.5. The van der Waals surface area contributed by atoms with Crippen LogP contribution >= 0.6 is 0 Å². The molecule has 8 aromatic carbocycles. The van der Waals surface area contributed by atoms with Crippen molar-refractivity contribution in [3.63, 3.8) is 0 Å². The maximum absolute atomic E-state index is 6.69. The molecule has 0 spiro atoms. The molecule has 11 rings (SSSR count). The number of fused-ring (bicyclic) bond motifs is 6. The molecule has 5 heteroatoms. The van der Waals surface area contributed by atoms with E-state index in [0.29, 0.717) is 17.5 Å². The number of nitrogens with zero attached hydrogens (tertiary/aromatic N) is 3. The maximum Gasteiger partial charge on any atom is 0.167 e. The fourth-order valence-corrected chi connectivity index (χ4v) is 7.87. The van der Waals surface area contributed by atoms with Crippen molar-refractivity contribution in [3.8, 4) is 67.5 Å². The first-order valence-corrected chi connectivity index (χ1v) is 18.7. The van der Waals surface area contributed by atoms with Crippen LogP contribution < -0.4 is 0 Å². The fourth-order valence-electron chi connectivity index (χ4n) is 7.87. The van der Waals surface area contributed by atoms with Crippen LogP contribution in [0.2, 0.25) is 0 Å². The van der Waals surface area contributed by atoms with E-state index in [-0.39, 0.29) is 0 Å². The largest absolute Gasteiger partial charge is 0.455 e. The van der Waals surface area contributed by atoms with Crippen molar-refractivity contribution in [2.75, 3.05) is 0 Å². The lowest BCUT2D eigenvalue weighted by atomic mass is 9.94. The molecule has 11 aromatic rings. The molecule has 0 saturated heterocycles. The van der Waals surface area contributed by atoms with Crippen LogP contribution in [0.15, 0.2) is 197 Å². The molecule has 0 atom stereocenters. The van der Waals surface area contributed by atoms with Crippen molar-refractivity contribution >= 4 is 43.9 Å². The molecule has 3 heterocycles. The molecular weight excluding hydrogens is 687 g/mol. The third kappa shape index (κ3) is 5.37. The van der Waals surface area contributed by atoms with Crippen LogP contribution in [0.1, 0.15) is 0 Å². The average molecular weight is 718 g/mol. The van der Waals surface area contributed by atoms with Gasteiger partial charge >= 0.3 is 0 Å². The van der Waals surface area contributed by atoms with E-state index in [2.05, 4.69) is 121 Å². The molecule has 0 bridgehead atoms. The molecule has 0 amide bonds. The van der Waals surface area contributed by atoms with E-state index in [9.17, 15) is 0 Å². The van der Waals surface area contributed by atoms with E-state index < -0.39 is 0 Å². The Morgan fingerprint density at radius 1 is 0.286 bits per heavy atom. The zero-order valence-corrected chi connectivity index (χ0v) is 30.1.